The summed E-state index contributed by atoms with van der Waals surface area (Å²) in [6.45, 7) is 1.83. The van der Waals surface area contributed by atoms with Crippen molar-refractivity contribution in [2.75, 3.05) is 5.73 Å². The maximum Gasteiger partial charge on any atom is 0.0906 e. The van der Waals surface area contributed by atoms with E-state index in [-0.39, 0.29) is 0 Å². The molecule has 1 aliphatic carbocycles. The Morgan fingerprint density at radius 3 is 2.94 bits per heavy atom. The molecular weight excluding hydrogens is 212 g/mol. The van der Waals surface area contributed by atoms with Gasteiger partial charge in [0, 0.05) is 22.3 Å². The van der Waals surface area contributed by atoms with Crippen molar-refractivity contribution in [3.63, 3.8) is 0 Å². The summed E-state index contributed by atoms with van der Waals surface area (Å²) in [5, 5.41) is 11.4. The van der Waals surface area contributed by atoms with Gasteiger partial charge in [-0.25, -0.2) is 0 Å². The van der Waals surface area contributed by atoms with Crippen molar-refractivity contribution in [3.05, 3.63) is 35.5 Å². The number of nitrogen functional groups attached to an aromatic ring is 1. The summed E-state index contributed by atoms with van der Waals surface area (Å²) in [5.41, 5.74) is 8.78. The highest BCUT2D eigenvalue weighted by molar-refractivity contribution is 5.92. The average Bonchev–Trinajstić information content (AvgIpc) is 2.28. The Morgan fingerprint density at radius 1 is 1.35 bits per heavy atom. The van der Waals surface area contributed by atoms with Crippen LogP contribution in [0.2, 0.25) is 0 Å². The minimum Gasteiger partial charge on any atom is -0.398 e. The second-order valence-corrected chi connectivity index (χ2v) is 4.99. The van der Waals surface area contributed by atoms with E-state index in [0.717, 1.165) is 41.4 Å². The third-order valence-electron chi connectivity index (χ3n) is 3.62. The van der Waals surface area contributed by atoms with Crippen molar-refractivity contribution < 1.29 is 5.11 Å². The van der Waals surface area contributed by atoms with Crippen molar-refractivity contribution in [2.45, 2.75) is 31.8 Å². The van der Waals surface area contributed by atoms with E-state index in [4.69, 9.17) is 5.73 Å². The first-order valence-corrected chi connectivity index (χ1v) is 5.99. The minimum atomic E-state index is -0.839. The molecule has 88 valence electrons. The van der Waals surface area contributed by atoms with Crippen LogP contribution in [0, 0.1) is 0 Å². The number of pyridine rings is 1. The summed E-state index contributed by atoms with van der Waals surface area (Å²) in [7, 11) is 0. The Morgan fingerprint density at radius 2 is 2.12 bits per heavy atom. The lowest BCUT2D eigenvalue weighted by Gasteiger charge is -2.32. The number of fused-ring (bicyclic) bond motifs is 2. The van der Waals surface area contributed by atoms with E-state index in [9.17, 15) is 5.11 Å². The molecule has 2 aromatic rings. The number of aliphatic hydroxyl groups is 1. The Bertz CT molecular complexity index is 590. The van der Waals surface area contributed by atoms with Gasteiger partial charge < -0.3 is 10.8 Å². The standard InChI is InChI=1S/C14H16N2O/c1-14(17)8-4-7-11-12(14)13(15)9-5-2-3-6-10(9)16-11/h2-3,5-6,17H,4,7-8H2,1H3,(H2,15,16). The zero-order valence-corrected chi connectivity index (χ0v) is 9.90. The maximum absolute atomic E-state index is 10.4. The highest BCUT2D eigenvalue weighted by atomic mass is 16.3. The summed E-state index contributed by atoms with van der Waals surface area (Å²) >= 11 is 0. The maximum atomic E-state index is 10.4. The highest BCUT2D eigenvalue weighted by Crippen LogP contribution is 2.40. The fourth-order valence-corrected chi connectivity index (χ4v) is 2.80. The summed E-state index contributed by atoms with van der Waals surface area (Å²) in [5.74, 6) is 0. The van der Waals surface area contributed by atoms with Crippen molar-refractivity contribution in [2.24, 2.45) is 0 Å². The molecule has 3 rings (SSSR count). The van der Waals surface area contributed by atoms with Gasteiger partial charge in [-0.2, -0.15) is 0 Å². The van der Waals surface area contributed by atoms with Gasteiger partial charge in [0.2, 0.25) is 0 Å². The number of aryl methyl sites for hydroxylation is 1. The van der Waals surface area contributed by atoms with E-state index in [1.165, 1.54) is 0 Å². The third-order valence-corrected chi connectivity index (χ3v) is 3.62. The molecule has 3 N–H and O–H groups in total. The number of hydrogen-bond acceptors (Lipinski definition) is 3. The second kappa shape index (κ2) is 3.44. The molecular formula is C14H16N2O. The zero-order valence-electron chi connectivity index (χ0n) is 9.90. The number of benzene rings is 1. The largest absolute Gasteiger partial charge is 0.398 e. The lowest BCUT2D eigenvalue weighted by Crippen LogP contribution is -2.29. The minimum absolute atomic E-state index is 0.690. The molecule has 1 heterocycles. The quantitative estimate of drug-likeness (QED) is 0.727. The van der Waals surface area contributed by atoms with Crippen LogP contribution in [0.5, 0.6) is 0 Å². The molecule has 0 spiro atoms. The molecule has 0 fully saturated rings. The summed E-state index contributed by atoms with van der Waals surface area (Å²) in [6, 6.07) is 7.84. The van der Waals surface area contributed by atoms with Crippen LogP contribution in [0.4, 0.5) is 5.69 Å². The van der Waals surface area contributed by atoms with E-state index in [1.54, 1.807) is 0 Å². The van der Waals surface area contributed by atoms with Crippen LogP contribution in [0.25, 0.3) is 10.9 Å². The number of hydrogen-bond donors (Lipinski definition) is 2. The van der Waals surface area contributed by atoms with E-state index in [0.29, 0.717) is 5.69 Å². The first kappa shape index (κ1) is 10.5. The fourth-order valence-electron chi connectivity index (χ4n) is 2.80. The number of para-hydroxylation sites is 1. The summed E-state index contributed by atoms with van der Waals surface area (Å²) in [6.07, 6.45) is 2.62. The van der Waals surface area contributed by atoms with E-state index in [2.05, 4.69) is 4.98 Å². The molecule has 1 aromatic carbocycles. The van der Waals surface area contributed by atoms with Gasteiger partial charge in [-0.05, 0) is 32.3 Å². The topological polar surface area (TPSA) is 59.1 Å². The average molecular weight is 228 g/mol. The molecule has 1 aliphatic rings. The van der Waals surface area contributed by atoms with Gasteiger partial charge in [-0.15, -0.1) is 0 Å². The number of aromatic nitrogens is 1. The van der Waals surface area contributed by atoms with Gasteiger partial charge in [0.1, 0.15) is 0 Å². The van der Waals surface area contributed by atoms with Crippen LogP contribution in [0.3, 0.4) is 0 Å². The normalized spacial score (nSPS) is 23.6. The molecule has 3 heteroatoms. The summed E-state index contributed by atoms with van der Waals surface area (Å²) < 4.78 is 0. The van der Waals surface area contributed by atoms with Gasteiger partial charge in [0.05, 0.1) is 11.1 Å². The van der Waals surface area contributed by atoms with E-state index < -0.39 is 5.60 Å². The van der Waals surface area contributed by atoms with Gasteiger partial charge in [0.15, 0.2) is 0 Å². The summed E-state index contributed by atoms with van der Waals surface area (Å²) in [4.78, 5) is 4.63. The van der Waals surface area contributed by atoms with Crippen LogP contribution in [0.1, 0.15) is 31.0 Å². The molecule has 3 nitrogen and oxygen atoms in total. The Kier molecular flexibility index (Phi) is 2.13. The molecule has 0 bridgehead atoms. The monoisotopic (exact) mass is 228 g/mol. The van der Waals surface area contributed by atoms with E-state index >= 15 is 0 Å². The van der Waals surface area contributed by atoms with Crippen molar-refractivity contribution >= 4 is 16.6 Å². The van der Waals surface area contributed by atoms with Gasteiger partial charge in [0.25, 0.3) is 0 Å². The molecule has 0 aliphatic heterocycles. The first-order chi connectivity index (χ1) is 8.09. The van der Waals surface area contributed by atoms with Crippen LogP contribution in [-0.4, -0.2) is 10.1 Å². The second-order valence-electron chi connectivity index (χ2n) is 4.99. The number of rotatable bonds is 0. The van der Waals surface area contributed by atoms with Gasteiger partial charge in [-0.1, -0.05) is 18.2 Å². The molecule has 0 saturated carbocycles. The molecule has 1 unspecified atom stereocenters. The lowest BCUT2D eigenvalue weighted by molar-refractivity contribution is 0.0389. The predicted octanol–water partition coefficient (Wildman–Crippen LogP) is 2.36. The van der Waals surface area contributed by atoms with Gasteiger partial charge >= 0.3 is 0 Å². The Hall–Kier alpha value is -1.61. The molecule has 1 aromatic heterocycles. The van der Waals surface area contributed by atoms with Crippen LogP contribution in [-0.2, 0) is 12.0 Å². The molecule has 0 radical (unpaired) electrons. The Labute approximate surface area is 100 Å². The number of nitrogens with two attached hydrogens (primary N) is 1. The van der Waals surface area contributed by atoms with Gasteiger partial charge in [-0.3, -0.25) is 4.98 Å². The highest BCUT2D eigenvalue weighted by Gasteiger charge is 2.33. The van der Waals surface area contributed by atoms with Crippen molar-refractivity contribution in [3.8, 4) is 0 Å². The van der Waals surface area contributed by atoms with Crippen LogP contribution >= 0.6 is 0 Å². The molecule has 0 amide bonds. The van der Waals surface area contributed by atoms with Crippen molar-refractivity contribution in [1.82, 2.24) is 4.98 Å². The third kappa shape index (κ3) is 1.50. The molecule has 17 heavy (non-hydrogen) atoms. The predicted molar refractivity (Wildman–Crippen MR) is 68.7 cm³/mol. The molecule has 0 saturated heterocycles. The van der Waals surface area contributed by atoms with E-state index in [1.807, 2.05) is 31.2 Å². The SMILES string of the molecule is CC1(O)CCCc2nc3ccccc3c(N)c21. The first-order valence-electron chi connectivity index (χ1n) is 5.99. The fraction of sp³-hybridized carbons (Fsp3) is 0.357. The molecule has 1 atom stereocenters. The number of nitrogens with zero attached hydrogens (tertiary/aromatic N) is 1. The van der Waals surface area contributed by atoms with Crippen LogP contribution < -0.4 is 5.73 Å². The Balaban J connectivity index is 2.39. The number of anilines is 1. The zero-order chi connectivity index (χ0) is 12.0. The van der Waals surface area contributed by atoms with Crippen molar-refractivity contribution in [1.29, 1.82) is 0 Å². The lowest BCUT2D eigenvalue weighted by atomic mass is 9.81. The van der Waals surface area contributed by atoms with Crippen LogP contribution in [0.15, 0.2) is 24.3 Å². The smallest absolute Gasteiger partial charge is 0.0906 e.